The van der Waals surface area contributed by atoms with E-state index in [9.17, 15) is 14.4 Å². The molecule has 4 amide bonds. The van der Waals surface area contributed by atoms with Crippen molar-refractivity contribution in [1.29, 1.82) is 0 Å². The number of urea groups is 1. The van der Waals surface area contributed by atoms with Gasteiger partial charge in [-0.05, 0) is 36.4 Å². The molecule has 1 saturated heterocycles. The van der Waals surface area contributed by atoms with Gasteiger partial charge in [0, 0.05) is 10.0 Å². The monoisotopic (exact) mass is 424 g/mol. The average molecular weight is 425 g/mol. The Hall–Kier alpha value is -3.37. The van der Waals surface area contributed by atoms with E-state index in [1.807, 2.05) is 0 Å². The molecule has 0 aromatic heterocycles. The van der Waals surface area contributed by atoms with Crippen molar-refractivity contribution in [3.63, 3.8) is 0 Å². The SMILES string of the molecule is C#CCOc1ccc(Br)cc1/C=C1\C(=O)NC(=O)N(c2ccccc2)C1=O. The van der Waals surface area contributed by atoms with Gasteiger partial charge in [-0.2, -0.15) is 0 Å². The molecule has 6 nitrogen and oxygen atoms in total. The highest BCUT2D eigenvalue weighted by atomic mass is 79.9. The molecular weight excluding hydrogens is 412 g/mol. The fraction of sp³-hybridized carbons (Fsp3) is 0.0500. The maximum Gasteiger partial charge on any atom is 0.335 e. The van der Waals surface area contributed by atoms with E-state index in [2.05, 4.69) is 27.2 Å². The van der Waals surface area contributed by atoms with Crippen LogP contribution in [0.3, 0.4) is 0 Å². The van der Waals surface area contributed by atoms with E-state index in [1.54, 1.807) is 48.5 Å². The largest absolute Gasteiger partial charge is 0.480 e. The zero-order chi connectivity index (χ0) is 19.4. The van der Waals surface area contributed by atoms with Gasteiger partial charge < -0.3 is 4.74 Å². The number of carbonyl (C=O) groups is 3. The zero-order valence-electron chi connectivity index (χ0n) is 13.9. The molecule has 7 heteroatoms. The molecule has 0 radical (unpaired) electrons. The average Bonchev–Trinajstić information content (AvgIpc) is 2.65. The molecule has 0 aliphatic carbocycles. The zero-order valence-corrected chi connectivity index (χ0v) is 15.5. The molecular formula is C20H13BrN2O4. The fourth-order valence-electron chi connectivity index (χ4n) is 2.51. The van der Waals surface area contributed by atoms with Crippen LogP contribution >= 0.6 is 15.9 Å². The first-order valence-corrected chi connectivity index (χ1v) is 8.63. The molecule has 1 aliphatic rings. The van der Waals surface area contributed by atoms with Crippen molar-refractivity contribution in [1.82, 2.24) is 5.32 Å². The first-order valence-electron chi connectivity index (χ1n) is 7.83. The minimum atomic E-state index is -0.800. The van der Waals surface area contributed by atoms with Gasteiger partial charge in [0.2, 0.25) is 0 Å². The summed E-state index contributed by atoms with van der Waals surface area (Å²) in [5.41, 5.74) is 0.638. The number of barbiturate groups is 1. The van der Waals surface area contributed by atoms with Crippen molar-refractivity contribution in [3.8, 4) is 18.1 Å². The van der Waals surface area contributed by atoms with Crippen LogP contribution in [0.25, 0.3) is 6.08 Å². The van der Waals surface area contributed by atoms with Crippen LogP contribution in [0.1, 0.15) is 5.56 Å². The summed E-state index contributed by atoms with van der Waals surface area (Å²) in [5, 5.41) is 2.18. The quantitative estimate of drug-likeness (QED) is 0.464. The highest BCUT2D eigenvalue weighted by molar-refractivity contribution is 9.10. The van der Waals surface area contributed by atoms with Gasteiger partial charge >= 0.3 is 6.03 Å². The molecule has 0 atom stereocenters. The maximum absolute atomic E-state index is 12.9. The molecule has 134 valence electrons. The Balaban J connectivity index is 2.04. The lowest BCUT2D eigenvalue weighted by atomic mass is 10.1. The molecule has 3 rings (SSSR count). The first-order chi connectivity index (χ1) is 13.0. The standard InChI is InChI=1S/C20H13BrN2O4/c1-2-10-27-17-9-8-14(21)11-13(17)12-16-18(24)22-20(26)23(19(16)25)15-6-4-3-5-7-15/h1,3-9,11-12H,10H2,(H,22,24,26)/b16-12+. The predicted octanol–water partition coefficient (Wildman–Crippen LogP) is 3.13. The number of benzene rings is 2. The summed E-state index contributed by atoms with van der Waals surface area (Å²) in [5.74, 6) is 1.27. The Bertz CT molecular complexity index is 993. The molecule has 1 fully saturated rings. The van der Waals surface area contributed by atoms with E-state index in [-0.39, 0.29) is 12.2 Å². The fourth-order valence-corrected chi connectivity index (χ4v) is 2.89. The number of imide groups is 2. The number of amides is 4. The summed E-state index contributed by atoms with van der Waals surface area (Å²) in [6, 6.07) is 12.6. The summed E-state index contributed by atoms with van der Waals surface area (Å²) in [6.45, 7) is 0.0343. The molecule has 27 heavy (non-hydrogen) atoms. The van der Waals surface area contributed by atoms with Gasteiger partial charge in [-0.15, -0.1) is 6.42 Å². The first kappa shape index (κ1) is 18.4. The van der Waals surface area contributed by atoms with Gasteiger partial charge in [-0.25, -0.2) is 9.69 Å². The van der Waals surface area contributed by atoms with Crippen LogP contribution in [0, 0.1) is 12.3 Å². The number of anilines is 1. The van der Waals surface area contributed by atoms with E-state index < -0.39 is 17.8 Å². The summed E-state index contributed by atoms with van der Waals surface area (Å²) < 4.78 is 6.18. The number of terminal acetylenes is 1. The highest BCUT2D eigenvalue weighted by Crippen LogP contribution is 2.28. The Labute approximate surface area is 163 Å². The lowest BCUT2D eigenvalue weighted by Gasteiger charge is -2.26. The third-order valence-electron chi connectivity index (χ3n) is 3.70. The molecule has 2 aromatic carbocycles. The molecule has 0 unspecified atom stereocenters. The topological polar surface area (TPSA) is 75.7 Å². The van der Waals surface area contributed by atoms with E-state index >= 15 is 0 Å². The number of ether oxygens (including phenoxy) is 1. The van der Waals surface area contributed by atoms with Crippen LogP contribution in [-0.2, 0) is 9.59 Å². The number of para-hydroxylation sites is 1. The van der Waals surface area contributed by atoms with Crippen molar-refractivity contribution < 1.29 is 19.1 Å². The highest BCUT2D eigenvalue weighted by Gasteiger charge is 2.36. The lowest BCUT2D eigenvalue weighted by Crippen LogP contribution is -2.54. The van der Waals surface area contributed by atoms with Crippen molar-refractivity contribution in [2.75, 3.05) is 11.5 Å². The van der Waals surface area contributed by atoms with Crippen LogP contribution < -0.4 is 15.0 Å². The van der Waals surface area contributed by atoms with Crippen molar-refractivity contribution in [3.05, 3.63) is 64.1 Å². The lowest BCUT2D eigenvalue weighted by molar-refractivity contribution is -0.122. The van der Waals surface area contributed by atoms with Crippen molar-refractivity contribution in [2.45, 2.75) is 0 Å². The molecule has 1 aliphatic heterocycles. The number of hydrogen-bond acceptors (Lipinski definition) is 4. The Morgan fingerprint density at radius 2 is 1.89 bits per heavy atom. The second-order valence-corrected chi connectivity index (χ2v) is 6.38. The molecule has 1 heterocycles. The summed E-state index contributed by atoms with van der Waals surface area (Å²) in [7, 11) is 0. The van der Waals surface area contributed by atoms with Gasteiger partial charge in [0.15, 0.2) is 0 Å². The van der Waals surface area contributed by atoms with Crippen LogP contribution in [0.15, 0.2) is 58.6 Å². The van der Waals surface area contributed by atoms with Gasteiger partial charge in [-0.1, -0.05) is 40.0 Å². The number of rotatable bonds is 4. The van der Waals surface area contributed by atoms with Crippen molar-refractivity contribution >= 4 is 45.5 Å². The van der Waals surface area contributed by atoms with Crippen LogP contribution in [0.2, 0.25) is 0 Å². The Morgan fingerprint density at radius 3 is 2.59 bits per heavy atom. The summed E-state index contributed by atoms with van der Waals surface area (Å²) in [4.78, 5) is 38.2. The third kappa shape index (κ3) is 3.91. The molecule has 2 aromatic rings. The number of halogens is 1. The van der Waals surface area contributed by atoms with Gasteiger partial charge in [0.1, 0.15) is 17.9 Å². The van der Waals surface area contributed by atoms with Gasteiger partial charge in [0.25, 0.3) is 11.8 Å². The van der Waals surface area contributed by atoms with Gasteiger partial charge in [-0.3, -0.25) is 14.9 Å². The summed E-state index contributed by atoms with van der Waals surface area (Å²) >= 11 is 3.34. The van der Waals surface area contributed by atoms with Gasteiger partial charge in [0.05, 0.1) is 5.69 Å². The van der Waals surface area contributed by atoms with E-state index in [0.29, 0.717) is 17.0 Å². The number of hydrogen-bond donors (Lipinski definition) is 1. The minimum absolute atomic E-state index is 0.0343. The Morgan fingerprint density at radius 1 is 1.15 bits per heavy atom. The van der Waals surface area contributed by atoms with Crippen molar-refractivity contribution in [2.24, 2.45) is 0 Å². The number of carbonyl (C=O) groups excluding carboxylic acids is 3. The van der Waals surface area contributed by atoms with Crippen LogP contribution in [0.4, 0.5) is 10.5 Å². The minimum Gasteiger partial charge on any atom is -0.480 e. The summed E-state index contributed by atoms with van der Waals surface area (Å²) in [6.07, 6.45) is 6.59. The predicted molar refractivity (Wildman–Crippen MR) is 104 cm³/mol. The molecule has 1 N–H and O–H groups in total. The van der Waals surface area contributed by atoms with E-state index in [4.69, 9.17) is 11.2 Å². The molecule has 0 saturated carbocycles. The number of nitrogens with one attached hydrogen (secondary N) is 1. The smallest absolute Gasteiger partial charge is 0.335 e. The second-order valence-electron chi connectivity index (χ2n) is 5.47. The molecule has 0 spiro atoms. The number of nitrogens with zero attached hydrogens (tertiary/aromatic N) is 1. The Kier molecular flexibility index (Phi) is 5.38. The second kappa shape index (κ2) is 7.89. The van der Waals surface area contributed by atoms with E-state index in [0.717, 1.165) is 9.37 Å². The van der Waals surface area contributed by atoms with Crippen LogP contribution in [-0.4, -0.2) is 24.5 Å². The normalized spacial score (nSPS) is 15.5. The maximum atomic E-state index is 12.9. The molecule has 0 bridgehead atoms. The third-order valence-corrected chi connectivity index (χ3v) is 4.19. The van der Waals surface area contributed by atoms with E-state index in [1.165, 1.54) is 6.08 Å². The van der Waals surface area contributed by atoms with Crippen LogP contribution in [0.5, 0.6) is 5.75 Å².